The number of Topliss-reactive ketones (excluding diaryl/α,β-unsaturated/α-hetero) is 1. The van der Waals surface area contributed by atoms with Crippen molar-refractivity contribution in [3.05, 3.63) is 35.4 Å². The van der Waals surface area contributed by atoms with Gasteiger partial charge in [-0.3, -0.25) is 9.69 Å². The number of nitrogens with zero attached hydrogens (tertiary/aromatic N) is 1. The molecule has 0 atom stereocenters. The minimum absolute atomic E-state index is 0.182. The van der Waals surface area contributed by atoms with Gasteiger partial charge in [-0.2, -0.15) is 13.2 Å². The Labute approximate surface area is 121 Å². The fraction of sp³-hybridized carbons (Fsp3) is 0.533. The average molecular weight is 301 g/mol. The van der Waals surface area contributed by atoms with Crippen molar-refractivity contribution in [2.75, 3.05) is 26.3 Å². The molecule has 6 heteroatoms. The van der Waals surface area contributed by atoms with Crippen LogP contribution in [-0.4, -0.2) is 42.5 Å². The predicted octanol–water partition coefficient (Wildman–Crippen LogP) is 3.00. The van der Waals surface area contributed by atoms with Crippen LogP contribution in [-0.2, 0) is 10.9 Å². The maximum atomic E-state index is 12.6. The molecule has 0 unspecified atom stereocenters. The lowest BCUT2D eigenvalue weighted by Gasteiger charge is -2.39. The number of benzene rings is 1. The molecule has 0 radical (unpaired) electrons. The SMILES string of the molecule is CC(C)(C(=O)c1ccc(C(F)(F)F)cc1)N1CCOCC1. The van der Waals surface area contributed by atoms with E-state index < -0.39 is 17.3 Å². The number of carbonyl (C=O) groups excluding carboxylic acids is 1. The van der Waals surface area contributed by atoms with E-state index in [4.69, 9.17) is 4.74 Å². The van der Waals surface area contributed by atoms with E-state index >= 15 is 0 Å². The van der Waals surface area contributed by atoms with Gasteiger partial charge in [0.05, 0.1) is 24.3 Å². The quantitative estimate of drug-likeness (QED) is 0.804. The summed E-state index contributed by atoms with van der Waals surface area (Å²) in [6.07, 6.45) is -4.39. The molecular formula is C15H18F3NO2. The third-order valence-electron chi connectivity index (χ3n) is 3.83. The summed E-state index contributed by atoms with van der Waals surface area (Å²) >= 11 is 0. The normalized spacial score (nSPS) is 17.8. The molecule has 1 aromatic rings. The first-order valence-corrected chi connectivity index (χ1v) is 6.78. The zero-order valence-corrected chi connectivity index (χ0v) is 12.0. The first kappa shape index (κ1) is 16.0. The molecule has 1 heterocycles. The minimum atomic E-state index is -4.39. The largest absolute Gasteiger partial charge is 0.416 e. The van der Waals surface area contributed by atoms with E-state index in [9.17, 15) is 18.0 Å². The molecule has 0 N–H and O–H groups in total. The molecule has 1 fully saturated rings. The first-order chi connectivity index (χ1) is 9.73. The molecule has 1 aromatic carbocycles. The number of alkyl halides is 3. The van der Waals surface area contributed by atoms with Gasteiger partial charge in [0.1, 0.15) is 0 Å². The summed E-state index contributed by atoms with van der Waals surface area (Å²) in [4.78, 5) is 14.6. The Morgan fingerprint density at radius 3 is 2.10 bits per heavy atom. The van der Waals surface area contributed by atoms with Crippen LogP contribution in [0.5, 0.6) is 0 Å². The Hall–Kier alpha value is -1.40. The van der Waals surface area contributed by atoms with Crippen LogP contribution >= 0.6 is 0 Å². The molecular weight excluding hydrogens is 283 g/mol. The van der Waals surface area contributed by atoms with Crippen molar-refractivity contribution in [1.29, 1.82) is 0 Å². The van der Waals surface area contributed by atoms with Crippen molar-refractivity contribution in [3.8, 4) is 0 Å². The van der Waals surface area contributed by atoms with Crippen molar-refractivity contribution in [2.24, 2.45) is 0 Å². The van der Waals surface area contributed by atoms with Gasteiger partial charge in [0.15, 0.2) is 5.78 Å². The summed E-state index contributed by atoms with van der Waals surface area (Å²) in [5, 5.41) is 0. The van der Waals surface area contributed by atoms with E-state index in [1.165, 1.54) is 12.1 Å². The average Bonchev–Trinajstić information content (AvgIpc) is 2.46. The van der Waals surface area contributed by atoms with Crippen LogP contribution < -0.4 is 0 Å². The van der Waals surface area contributed by atoms with E-state index in [0.29, 0.717) is 31.9 Å². The van der Waals surface area contributed by atoms with Crippen LogP contribution in [0.4, 0.5) is 13.2 Å². The number of rotatable bonds is 3. The third kappa shape index (κ3) is 3.44. The molecule has 1 saturated heterocycles. The lowest BCUT2D eigenvalue weighted by molar-refractivity contribution is -0.137. The molecule has 0 spiro atoms. The molecule has 0 aliphatic carbocycles. The number of carbonyl (C=O) groups is 1. The van der Waals surface area contributed by atoms with Crippen LogP contribution in [0, 0.1) is 0 Å². The highest BCUT2D eigenvalue weighted by Crippen LogP contribution is 2.30. The summed E-state index contributed by atoms with van der Waals surface area (Å²) in [6, 6.07) is 4.38. The van der Waals surface area contributed by atoms with Crippen molar-refractivity contribution in [1.82, 2.24) is 4.90 Å². The standard InChI is InChI=1S/C15H18F3NO2/c1-14(2,19-7-9-21-10-8-19)13(20)11-3-5-12(6-4-11)15(16,17)18/h3-6H,7-10H2,1-2H3. The summed E-state index contributed by atoms with van der Waals surface area (Å²) in [7, 11) is 0. The lowest BCUT2D eigenvalue weighted by Crippen LogP contribution is -2.54. The molecule has 116 valence electrons. The van der Waals surface area contributed by atoms with E-state index in [1.807, 2.05) is 4.90 Å². The molecule has 0 amide bonds. The number of ketones is 1. The predicted molar refractivity (Wildman–Crippen MR) is 72.2 cm³/mol. The maximum absolute atomic E-state index is 12.6. The summed E-state index contributed by atoms with van der Waals surface area (Å²) in [5.74, 6) is -0.182. The fourth-order valence-corrected chi connectivity index (χ4v) is 2.43. The zero-order chi connectivity index (χ0) is 15.7. The van der Waals surface area contributed by atoms with E-state index in [-0.39, 0.29) is 5.78 Å². The van der Waals surface area contributed by atoms with Gasteiger partial charge in [-0.05, 0) is 26.0 Å². The Morgan fingerprint density at radius 1 is 1.10 bits per heavy atom. The van der Waals surface area contributed by atoms with E-state index in [1.54, 1.807) is 13.8 Å². The Balaban J connectivity index is 2.18. The third-order valence-corrected chi connectivity index (χ3v) is 3.83. The highest BCUT2D eigenvalue weighted by atomic mass is 19.4. The van der Waals surface area contributed by atoms with Crippen LogP contribution in [0.15, 0.2) is 24.3 Å². The van der Waals surface area contributed by atoms with Crippen LogP contribution in [0.2, 0.25) is 0 Å². The van der Waals surface area contributed by atoms with E-state index in [0.717, 1.165) is 12.1 Å². The molecule has 1 aliphatic heterocycles. The second-order valence-electron chi connectivity index (χ2n) is 5.56. The number of morpholine rings is 1. The van der Waals surface area contributed by atoms with Gasteiger partial charge < -0.3 is 4.74 Å². The van der Waals surface area contributed by atoms with Gasteiger partial charge in [-0.1, -0.05) is 12.1 Å². The fourth-order valence-electron chi connectivity index (χ4n) is 2.43. The molecule has 3 nitrogen and oxygen atoms in total. The van der Waals surface area contributed by atoms with Gasteiger partial charge in [0.2, 0.25) is 0 Å². The van der Waals surface area contributed by atoms with Crippen LogP contribution in [0.25, 0.3) is 0 Å². The maximum Gasteiger partial charge on any atom is 0.416 e. The van der Waals surface area contributed by atoms with Crippen molar-refractivity contribution in [2.45, 2.75) is 25.6 Å². The first-order valence-electron chi connectivity index (χ1n) is 6.78. The molecule has 0 saturated carbocycles. The second kappa shape index (κ2) is 5.77. The van der Waals surface area contributed by atoms with Gasteiger partial charge in [0.25, 0.3) is 0 Å². The second-order valence-corrected chi connectivity index (χ2v) is 5.56. The Morgan fingerprint density at radius 2 is 1.62 bits per heavy atom. The van der Waals surface area contributed by atoms with Crippen molar-refractivity contribution < 1.29 is 22.7 Å². The topological polar surface area (TPSA) is 29.5 Å². The van der Waals surface area contributed by atoms with E-state index in [2.05, 4.69) is 0 Å². The number of ether oxygens (including phenoxy) is 1. The van der Waals surface area contributed by atoms with Crippen LogP contribution in [0.1, 0.15) is 29.8 Å². The van der Waals surface area contributed by atoms with Crippen LogP contribution in [0.3, 0.4) is 0 Å². The number of hydrogen-bond donors (Lipinski definition) is 0. The molecule has 0 bridgehead atoms. The smallest absolute Gasteiger partial charge is 0.379 e. The van der Waals surface area contributed by atoms with Gasteiger partial charge in [-0.15, -0.1) is 0 Å². The Bertz CT molecular complexity index is 503. The zero-order valence-electron chi connectivity index (χ0n) is 12.0. The summed E-state index contributed by atoms with van der Waals surface area (Å²) < 4.78 is 42.9. The molecule has 0 aromatic heterocycles. The Kier molecular flexibility index (Phi) is 4.39. The van der Waals surface area contributed by atoms with Gasteiger partial charge in [0, 0.05) is 18.7 Å². The highest BCUT2D eigenvalue weighted by molar-refractivity contribution is 6.02. The molecule has 21 heavy (non-hydrogen) atoms. The van der Waals surface area contributed by atoms with Gasteiger partial charge in [-0.25, -0.2) is 0 Å². The number of hydrogen-bond acceptors (Lipinski definition) is 3. The van der Waals surface area contributed by atoms with Crippen molar-refractivity contribution in [3.63, 3.8) is 0 Å². The minimum Gasteiger partial charge on any atom is -0.379 e. The molecule has 2 rings (SSSR count). The van der Waals surface area contributed by atoms with Gasteiger partial charge >= 0.3 is 6.18 Å². The highest BCUT2D eigenvalue weighted by Gasteiger charge is 2.36. The monoisotopic (exact) mass is 301 g/mol. The molecule has 1 aliphatic rings. The van der Waals surface area contributed by atoms with Crippen molar-refractivity contribution >= 4 is 5.78 Å². The summed E-state index contributed by atoms with van der Waals surface area (Å²) in [5.41, 5.74) is -1.22. The lowest BCUT2D eigenvalue weighted by atomic mass is 9.90. The summed E-state index contributed by atoms with van der Waals surface area (Å²) in [6.45, 7) is 5.98. The number of halogens is 3.